The maximum absolute atomic E-state index is 4.18. The van der Waals surface area contributed by atoms with Crippen LogP contribution in [0.15, 0.2) is 16.6 Å². The third-order valence-corrected chi connectivity index (χ3v) is 2.14. The molecule has 0 fully saturated rings. The summed E-state index contributed by atoms with van der Waals surface area (Å²) in [7, 11) is 0. The van der Waals surface area contributed by atoms with Crippen LogP contribution in [0.2, 0.25) is 0 Å². The number of hydrogen-bond donors (Lipinski definition) is 1. The summed E-state index contributed by atoms with van der Waals surface area (Å²) in [5.41, 5.74) is 1.02. The number of anilines is 1. The van der Waals surface area contributed by atoms with Crippen molar-refractivity contribution >= 4 is 11.6 Å². The highest BCUT2D eigenvalue weighted by atomic mass is 15.2. The van der Waals surface area contributed by atoms with Gasteiger partial charge in [0.25, 0.3) is 0 Å². The Morgan fingerprint density at radius 3 is 3.21 bits per heavy atom. The first-order valence-electron chi connectivity index (χ1n) is 4.87. The summed E-state index contributed by atoms with van der Waals surface area (Å²) in [6, 6.07) is 0. The molecule has 0 atom stereocenters. The topological polar surface area (TPSA) is 62.5 Å². The fourth-order valence-corrected chi connectivity index (χ4v) is 1.34. The van der Waals surface area contributed by atoms with Crippen LogP contribution in [0.3, 0.4) is 0 Å². The van der Waals surface area contributed by atoms with Gasteiger partial charge in [-0.05, 0) is 6.42 Å². The van der Waals surface area contributed by atoms with Crippen molar-refractivity contribution in [2.24, 2.45) is 10.2 Å². The minimum atomic E-state index is 0.602. The molecule has 2 rings (SSSR count). The van der Waals surface area contributed by atoms with Crippen LogP contribution in [0, 0.1) is 0 Å². The van der Waals surface area contributed by atoms with E-state index >= 15 is 0 Å². The van der Waals surface area contributed by atoms with Gasteiger partial charge in [-0.15, -0.1) is 5.11 Å². The molecule has 5 heteroatoms. The van der Waals surface area contributed by atoms with E-state index in [1.807, 2.05) is 0 Å². The monoisotopic (exact) mass is 191 g/mol. The average molecular weight is 191 g/mol. The van der Waals surface area contributed by atoms with Gasteiger partial charge in [0.05, 0.1) is 12.1 Å². The van der Waals surface area contributed by atoms with Gasteiger partial charge in [-0.3, -0.25) is 0 Å². The van der Waals surface area contributed by atoms with Crippen LogP contribution in [0.5, 0.6) is 0 Å². The van der Waals surface area contributed by atoms with E-state index in [1.54, 1.807) is 0 Å². The molecule has 1 aliphatic rings. The van der Waals surface area contributed by atoms with Gasteiger partial charge in [0.1, 0.15) is 12.1 Å². The van der Waals surface area contributed by atoms with E-state index in [1.165, 1.54) is 12.7 Å². The molecule has 74 valence electrons. The lowest BCUT2D eigenvalue weighted by Gasteiger charge is -2.06. The second-order valence-electron chi connectivity index (χ2n) is 3.20. The van der Waals surface area contributed by atoms with Gasteiger partial charge in [-0.1, -0.05) is 13.3 Å². The lowest BCUT2D eigenvalue weighted by Crippen LogP contribution is -2.05. The molecule has 2 heterocycles. The zero-order valence-corrected chi connectivity index (χ0v) is 8.19. The summed E-state index contributed by atoms with van der Waals surface area (Å²) < 4.78 is 0. The van der Waals surface area contributed by atoms with Crippen LogP contribution in [-0.4, -0.2) is 16.5 Å². The van der Waals surface area contributed by atoms with Crippen molar-refractivity contribution in [3.05, 3.63) is 11.9 Å². The van der Waals surface area contributed by atoms with Gasteiger partial charge in [-0.2, -0.15) is 5.11 Å². The van der Waals surface area contributed by atoms with E-state index in [0.717, 1.165) is 24.3 Å². The highest BCUT2D eigenvalue weighted by Crippen LogP contribution is 2.28. The molecule has 14 heavy (non-hydrogen) atoms. The summed E-state index contributed by atoms with van der Waals surface area (Å²) in [5, 5.41) is 11.1. The summed E-state index contributed by atoms with van der Waals surface area (Å²) in [5.74, 6) is 1.59. The predicted octanol–water partition coefficient (Wildman–Crippen LogP) is 2.29. The molecule has 5 nitrogen and oxygen atoms in total. The third-order valence-electron chi connectivity index (χ3n) is 2.14. The molecule has 1 aromatic rings. The second kappa shape index (κ2) is 4.13. The summed E-state index contributed by atoms with van der Waals surface area (Å²) in [4.78, 5) is 8.22. The molecule has 0 amide bonds. The highest BCUT2D eigenvalue weighted by Gasteiger charge is 2.14. The quantitative estimate of drug-likeness (QED) is 0.742. The Hall–Kier alpha value is -1.52. The lowest BCUT2D eigenvalue weighted by molar-refractivity contribution is 0.828. The summed E-state index contributed by atoms with van der Waals surface area (Å²) in [6.07, 6.45) is 3.85. The molecule has 0 saturated heterocycles. The van der Waals surface area contributed by atoms with E-state index < -0.39 is 0 Å². The van der Waals surface area contributed by atoms with Gasteiger partial charge in [0, 0.05) is 6.54 Å². The number of hydrogen-bond acceptors (Lipinski definition) is 5. The van der Waals surface area contributed by atoms with Crippen LogP contribution in [0.4, 0.5) is 11.6 Å². The van der Waals surface area contributed by atoms with Crippen molar-refractivity contribution < 1.29 is 0 Å². The lowest BCUT2D eigenvalue weighted by atomic mass is 10.3. The van der Waals surface area contributed by atoms with Gasteiger partial charge in [0.15, 0.2) is 5.82 Å². The number of fused-ring (bicyclic) bond motifs is 1. The summed E-state index contributed by atoms with van der Waals surface area (Å²) >= 11 is 0. The number of azo groups is 1. The maximum Gasteiger partial charge on any atom is 0.184 e. The van der Waals surface area contributed by atoms with Crippen LogP contribution >= 0.6 is 0 Å². The van der Waals surface area contributed by atoms with Crippen LogP contribution in [0.1, 0.15) is 25.3 Å². The Morgan fingerprint density at radius 2 is 2.36 bits per heavy atom. The number of nitrogens with zero attached hydrogens (tertiary/aromatic N) is 4. The Balaban J connectivity index is 2.08. The van der Waals surface area contributed by atoms with E-state index in [0.29, 0.717) is 12.4 Å². The molecule has 0 radical (unpaired) electrons. The van der Waals surface area contributed by atoms with Crippen molar-refractivity contribution in [1.29, 1.82) is 0 Å². The smallest absolute Gasteiger partial charge is 0.184 e. The standard InChI is InChI=1S/C9H13N5/c1-2-3-4-10-8-7-5-13-14-9(7)12-6-11-8/h6H,2-5H2,1H3,(H,10,11,12). The van der Waals surface area contributed by atoms with E-state index in [-0.39, 0.29) is 0 Å². The summed E-state index contributed by atoms with van der Waals surface area (Å²) in [6.45, 7) is 3.71. The third kappa shape index (κ3) is 1.71. The van der Waals surface area contributed by atoms with Crippen molar-refractivity contribution in [1.82, 2.24) is 9.97 Å². The van der Waals surface area contributed by atoms with Crippen LogP contribution < -0.4 is 5.32 Å². The Kier molecular flexibility index (Phi) is 2.67. The van der Waals surface area contributed by atoms with E-state index in [9.17, 15) is 0 Å². The first-order chi connectivity index (χ1) is 6.92. The van der Waals surface area contributed by atoms with Gasteiger partial charge in [-0.25, -0.2) is 9.97 Å². The molecule has 1 aromatic heterocycles. The minimum Gasteiger partial charge on any atom is -0.370 e. The number of aromatic nitrogens is 2. The van der Waals surface area contributed by atoms with Crippen LogP contribution in [0.25, 0.3) is 0 Å². The molecule has 1 aliphatic heterocycles. The van der Waals surface area contributed by atoms with Crippen LogP contribution in [-0.2, 0) is 6.54 Å². The molecule has 0 aliphatic carbocycles. The molecular formula is C9H13N5. The first kappa shape index (κ1) is 9.05. The van der Waals surface area contributed by atoms with Crippen molar-refractivity contribution in [2.45, 2.75) is 26.3 Å². The zero-order valence-electron chi connectivity index (χ0n) is 8.19. The molecule has 0 unspecified atom stereocenters. The highest BCUT2D eigenvalue weighted by molar-refractivity contribution is 5.55. The predicted molar refractivity (Wildman–Crippen MR) is 53.6 cm³/mol. The molecule has 0 saturated carbocycles. The fourth-order valence-electron chi connectivity index (χ4n) is 1.34. The molecular weight excluding hydrogens is 178 g/mol. The molecule has 0 bridgehead atoms. The Morgan fingerprint density at radius 1 is 1.43 bits per heavy atom. The SMILES string of the molecule is CCCCNc1ncnc2c1CN=N2. The van der Waals surface area contributed by atoms with E-state index in [2.05, 4.69) is 32.4 Å². The van der Waals surface area contributed by atoms with Gasteiger partial charge < -0.3 is 5.32 Å². The van der Waals surface area contributed by atoms with Crippen molar-refractivity contribution in [3.8, 4) is 0 Å². The molecule has 0 spiro atoms. The molecule has 0 aromatic carbocycles. The zero-order chi connectivity index (χ0) is 9.80. The minimum absolute atomic E-state index is 0.602. The maximum atomic E-state index is 4.18. The number of unbranched alkanes of at least 4 members (excludes halogenated alkanes) is 1. The number of rotatable bonds is 4. The Labute approximate surface area is 82.7 Å². The second-order valence-corrected chi connectivity index (χ2v) is 3.20. The normalized spacial score (nSPS) is 12.9. The van der Waals surface area contributed by atoms with Gasteiger partial charge in [0.2, 0.25) is 0 Å². The van der Waals surface area contributed by atoms with Gasteiger partial charge >= 0.3 is 0 Å². The van der Waals surface area contributed by atoms with Crippen molar-refractivity contribution in [3.63, 3.8) is 0 Å². The largest absolute Gasteiger partial charge is 0.370 e. The van der Waals surface area contributed by atoms with Crippen molar-refractivity contribution in [2.75, 3.05) is 11.9 Å². The van der Waals surface area contributed by atoms with E-state index in [4.69, 9.17) is 0 Å². The Bertz CT molecular complexity index is 347. The molecule has 1 N–H and O–H groups in total. The number of nitrogens with one attached hydrogen (secondary N) is 1. The first-order valence-corrected chi connectivity index (χ1v) is 4.87. The average Bonchev–Trinajstić information content (AvgIpc) is 2.67. The fraction of sp³-hybridized carbons (Fsp3) is 0.556.